The van der Waals surface area contributed by atoms with E-state index in [-0.39, 0.29) is 59.9 Å². The number of amides is 2. The van der Waals surface area contributed by atoms with E-state index in [1.165, 1.54) is 12.8 Å². The number of nitrogens with one attached hydrogen (secondary N) is 1. The normalized spacial score (nSPS) is 17.1. The first-order valence-corrected chi connectivity index (χ1v) is 13.6. The molecule has 35 heavy (non-hydrogen) atoms. The molecule has 11 heteroatoms. The standard InChI is InChI=1S/C24H37N5O5S/c1-28(17-9-5-3-6-10-17)20(30)15-34-22(32)14-13-19-23(33)25-24(27-26-19)35-16-21(31)29(2)18-11-7-4-8-12-18/h17-18H,3-16H2,1-2H3,(H,25,27,33). The molecule has 1 heterocycles. The summed E-state index contributed by atoms with van der Waals surface area (Å²) in [5.74, 6) is -0.605. The number of hydrogen-bond donors (Lipinski definition) is 1. The molecular formula is C24H37N5O5S. The van der Waals surface area contributed by atoms with Crippen molar-refractivity contribution in [3.05, 3.63) is 16.0 Å². The molecule has 0 atom stereocenters. The monoisotopic (exact) mass is 507 g/mol. The molecule has 2 fully saturated rings. The summed E-state index contributed by atoms with van der Waals surface area (Å²) in [6.45, 7) is -0.299. The number of thioether (sulfide) groups is 1. The van der Waals surface area contributed by atoms with E-state index >= 15 is 0 Å². The Hall–Kier alpha value is -2.43. The smallest absolute Gasteiger partial charge is 0.306 e. The van der Waals surface area contributed by atoms with E-state index in [1.54, 1.807) is 16.8 Å². The zero-order chi connectivity index (χ0) is 25.2. The first-order valence-electron chi connectivity index (χ1n) is 12.6. The predicted molar refractivity (Wildman–Crippen MR) is 132 cm³/mol. The molecule has 1 aromatic rings. The lowest BCUT2D eigenvalue weighted by Crippen LogP contribution is -2.40. The van der Waals surface area contributed by atoms with E-state index in [9.17, 15) is 19.2 Å². The Morgan fingerprint density at radius 3 is 2.06 bits per heavy atom. The van der Waals surface area contributed by atoms with Crippen molar-refractivity contribution in [2.24, 2.45) is 0 Å². The van der Waals surface area contributed by atoms with Gasteiger partial charge in [-0.15, -0.1) is 10.2 Å². The van der Waals surface area contributed by atoms with Gasteiger partial charge in [0.25, 0.3) is 11.5 Å². The zero-order valence-electron chi connectivity index (χ0n) is 20.8. The molecule has 0 radical (unpaired) electrons. The topological polar surface area (TPSA) is 126 Å². The van der Waals surface area contributed by atoms with E-state index in [0.29, 0.717) is 0 Å². The molecule has 0 bridgehead atoms. The number of carbonyl (C=O) groups is 3. The molecule has 2 amide bonds. The number of hydrogen-bond acceptors (Lipinski definition) is 8. The van der Waals surface area contributed by atoms with Crippen LogP contribution in [-0.4, -0.2) is 81.3 Å². The summed E-state index contributed by atoms with van der Waals surface area (Å²) in [4.78, 5) is 55.3. The lowest BCUT2D eigenvalue weighted by molar-refractivity contribution is -0.152. The molecule has 3 rings (SSSR count). The lowest BCUT2D eigenvalue weighted by Gasteiger charge is -2.31. The molecule has 0 aliphatic heterocycles. The number of nitrogens with zero attached hydrogens (tertiary/aromatic N) is 4. The Morgan fingerprint density at radius 2 is 1.49 bits per heavy atom. The minimum atomic E-state index is -0.564. The van der Waals surface area contributed by atoms with Crippen molar-refractivity contribution in [3.63, 3.8) is 0 Å². The Bertz CT molecular complexity index is 927. The third kappa shape index (κ3) is 8.33. The molecule has 0 spiro atoms. The SMILES string of the molecule is CN(C(=O)COC(=O)CCc1nnc(SCC(=O)N(C)C2CCCCC2)[nH]c1=O)C1CCCCC1. The van der Waals surface area contributed by atoms with Crippen molar-refractivity contribution in [1.29, 1.82) is 0 Å². The van der Waals surface area contributed by atoms with Crippen LogP contribution in [0.25, 0.3) is 0 Å². The van der Waals surface area contributed by atoms with Gasteiger partial charge in [0, 0.05) is 32.6 Å². The first kappa shape index (κ1) is 27.2. The molecule has 0 saturated heterocycles. The number of aromatic nitrogens is 3. The second kappa shape index (κ2) is 13.6. The molecule has 0 unspecified atom stereocenters. The maximum absolute atomic E-state index is 12.5. The summed E-state index contributed by atoms with van der Waals surface area (Å²) >= 11 is 1.14. The molecule has 2 aliphatic carbocycles. The van der Waals surface area contributed by atoms with Crippen LogP contribution in [0.4, 0.5) is 0 Å². The highest BCUT2D eigenvalue weighted by atomic mass is 32.2. The van der Waals surface area contributed by atoms with Gasteiger partial charge in [0.1, 0.15) is 5.69 Å². The van der Waals surface area contributed by atoms with E-state index in [0.717, 1.165) is 63.1 Å². The number of H-pyrrole nitrogens is 1. The van der Waals surface area contributed by atoms with Crippen LogP contribution in [0.2, 0.25) is 0 Å². The summed E-state index contributed by atoms with van der Waals surface area (Å²) in [5.41, 5.74) is -0.334. The molecular weight excluding hydrogens is 470 g/mol. The summed E-state index contributed by atoms with van der Waals surface area (Å²) < 4.78 is 5.10. The van der Waals surface area contributed by atoms with Crippen LogP contribution in [0.1, 0.15) is 76.3 Å². The number of carbonyl (C=O) groups excluding carboxylic acids is 3. The maximum atomic E-state index is 12.5. The van der Waals surface area contributed by atoms with Gasteiger partial charge in [-0.2, -0.15) is 0 Å². The van der Waals surface area contributed by atoms with Crippen LogP contribution < -0.4 is 5.56 Å². The summed E-state index contributed by atoms with van der Waals surface area (Å²) in [5, 5.41) is 8.18. The number of ether oxygens (including phenoxy) is 1. The Kier molecular flexibility index (Phi) is 10.6. The van der Waals surface area contributed by atoms with Gasteiger partial charge in [0.05, 0.1) is 12.2 Å². The van der Waals surface area contributed by atoms with Crippen molar-refractivity contribution in [2.45, 2.75) is 94.3 Å². The number of esters is 1. The van der Waals surface area contributed by atoms with E-state index in [2.05, 4.69) is 15.2 Å². The van der Waals surface area contributed by atoms with Gasteiger partial charge in [-0.1, -0.05) is 50.3 Å². The van der Waals surface area contributed by atoms with Crippen molar-refractivity contribution in [2.75, 3.05) is 26.5 Å². The molecule has 2 aliphatic rings. The third-order valence-electron chi connectivity index (χ3n) is 7.03. The van der Waals surface area contributed by atoms with Crippen LogP contribution in [0.3, 0.4) is 0 Å². The highest BCUT2D eigenvalue weighted by molar-refractivity contribution is 7.99. The van der Waals surface area contributed by atoms with Crippen molar-refractivity contribution < 1.29 is 19.1 Å². The van der Waals surface area contributed by atoms with Gasteiger partial charge in [-0.3, -0.25) is 24.2 Å². The quantitative estimate of drug-likeness (QED) is 0.378. The van der Waals surface area contributed by atoms with Gasteiger partial charge in [-0.05, 0) is 25.7 Å². The fourth-order valence-electron chi connectivity index (χ4n) is 4.69. The Morgan fingerprint density at radius 1 is 0.914 bits per heavy atom. The third-order valence-corrected chi connectivity index (χ3v) is 7.88. The number of aryl methyl sites for hydroxylation is 1. The highest BCUT2D eigenvalue weighted by Gasteiger charge is 2.24. The summed E-state index contributed by atoms with van der Waals surface area (Å²) in [6, 6.07) is 0.496. The van der Waals surface area contributed by atoms with E-state index in [4.69, 9.17) is 4.74 Å². The largest absolute Gasteiger partial charge is 0.456 e. The first-order chi connectivity index (χ1) is 16.8. The number of rotatable bonds is 10. The molecule has 1 aromatic heterocycles. The molecule has 2 saturated carbocycles. The second-order valence-corrected chi connectivity index (χ2v) is 10.4. The molecule has 10 nitrogen and oxygen atoms in total. The van der Waals surface area contributed by atoms with Crippen LogP contribution in [0, 0.1) is 0 Å². The molecule has 0 aromatic carbocycles. The van der Waals surface area contributed by atoms with Crippen LogP contribution in [0.5, 0.6) is 0 Å². The zero-order valence-corrected chi connectivity index (χ0v) is 21.6. The fourth-order valence-corrected chi connectivity index (χ4v) is 5.41. The minimum absolute atomic E-state index is 0.0000461. The van der Waals surface area contributed by atoms with Gasteiger partial charge in [-0.25, -0.2) is 0 Å². The van der Waals surface area contributed by atoms with Crippen LogP contribution in [-0.2, 0) is 25.5 Å². The molecule has 1 N–H and O–H groups in total. The Balaban J connectivity index is 1.39. The number of likely N-dealkylation sites (N-methyl/N-ethyl adjacent to an activating group) is 1. The summed E-state index contributed by atoms with van der Waals surface area (Å²) in [7, 11) is 3.58. The minimum Gasteiger partial charge on any atom is -0.456 e. The summed E-state index contributed by atoms with van der Waals surface area (Å²) in [6.07, 6.45) is 11.0. The van der Waals surface area contributed by atoms with Gasteiger partial charge >= 0.3 is 5.97 Å². The van der Waals surface area contributed by atoms with Gasteiger partial charge < -0.3 is 14.5 Å². The average Bonchev–Trinajstić information content (AvgIpc) is 2.89. The second-order valence-electron chi connectivity index (χ2n) is 9.45. The number of aromatic amines is 1. The van der Waals surface area contributed by atoms with Gasteiger partial charge in [0.15, 0.2) is 11.8 Å². The predicted octanol–water partition coefficient (Wildman–Crippen LogP) is 2.31. The van der Waals surface area contributed by atoms with Crippen molar-refractivity contribution >= 4 is 29.5 Å². The van der Waals surface area contributed by atoms with Gasteiger partial charge in [0.2, 0.25) is 5.91 Å². The van der Waals surface area contributed by atoms with Crippen molar-refractivity contribution in [3.8, 4) is 0 Å². The van der Waals surface area contributed by atoms with Crippen LogP contribution in [0.15, 0.2) is 9.95 Å². The highest BCUT2D eigenvalue weighted by Crippen LogP contribution is 2.23. The van der Waals surface area contributed by atoms with Crippen LogP contribution >= 0.6 is 11.8 Å². The lowest BCUT2D eigenvalue weighted by atomic mass is 9.94. The van der Waals surface area contributed by atoms with E-state index < -0.39 is 11.5 Å². The fraction of sp³-hybridized carbons (Fsp3) is 0.750. The van der Waals surface area contributed by atoms with E-state index in [1.807, 2.05) is 7.05 Å². The maximum Gasteiger partial charge on any atom is 0.306 e. The van der Waals surface area contributed by atoms with Crippen molar-refractivity contribution in [1.82, 2.24) is 25.0 Å². The molecule has 194 valence electrons. The average molecular weight is 508 g/mol. The Labute approximate surface area is 210 Å².